The molecule has 3 rings (SSSR count). The Morgan fingerprint density at radius 3 is 3.04 bits per heavy atom. The minimum absolute atomic E-state index is 0.0239. The molecule has 0 spiro atoms. The molecule has 6 nitrogen and oxygen atoms in total. The van der Waals surface area contributed by atoms with Gasteiger partial charge in [0.2, 0.25) is 0 Å². The number of aromatic nitrogens is 2. The predicted octanol–water partition coefficient (Wildman–Crippen LogP) is 2.86. The van der Waals surface area contributed by atoms with E-state index in [4.69, 9.17) is 4.74 Å². The highest BCUT2D eigenvalue weighted by molar-refractivity contribution is 5.95. The molecule has 1 aliphatic rings. The Hall–Kier alpha value is -2.47. The average Bonchev–Trinajstić information content (AvgIpc) is 3.13. The molecule has 1 aromatic heterocycles. The first kappa shape index (κ1) is 16.4. The fourth-order valence-corrected chi connectivity index (χ4v) is 2.81. The molecule has 0 radical (unpaired) electrons. The summed E-state index contributed by atoms with van der Waals surface area (Å²) in [7, 11) is 0. The number of likely N-dealkylation sites (N-methyl/N-ethyl adjacent to an activating group) is 1. The molecule has 2 heterocycles. The number of hydrogen-bond donors (Lipinski definition) is 1. The zero-order chi connectivity index (χ0) is 16.8. The number of anilines is 2. The van der Waals surface area contributed by atoms with E-state index in [1.54, 1.807) is 18.6 Å². The summed E-state index contributed by atoms with van der Waals surface area (Å²) in [5.41, 5.74) is 1.47. The lowest BCUT2D eigenvalue weighted by atomic mass is 10.1. The molecule has 1 aliphatic heterocycles. The number of rotatable bonds is 6. The first-order valence-electron chi connectivity index (χ1n) is 8.30. The van der Waals surface area contributed by atoms with E-state index in [0.717, 1.165) is 25.1 Å². The minimum Gasteiger partial charge on any atom is -0.376 e. The van der Waals surface area contributed by atoms with Crippen LogP contribution < -0.4 is 5.32 Å². The van der Waals surface area contributed by atoms with Crippen molar-refractivity contribution in [3.63, 3.8) is 0 Å². The van der Waals surface area contributed by atoms with Gasteiger partial charge in [-0.05, 0) is 38.0 Å². The van der Waals surface area contributed by atoms with Crippen LogP contribution in [0.2, 0.25) is 0 Å². The van der Waals surface area contributed by atoms with Crippen molar-refractivity contribution in [1.29, 1.82) is 0 Å². The SMILES string of the molecule is CCN(C[C@H]1CCCO1)C(=O)c1cccc(Nc2cnccn2)c1. The van der Waals surface area contributed by atoms with Gasteiger partial charge < -0.3 is 15.0 Å². The molecule has 1 aromatic carbocycles. The monoisotopic (exact) mass is 326 g/mol. The summed E-state index contributed by atoms with van der Waals surface area (Å²) in [6.45, 7) is 4.11. The van der Waals surface area contributed by atoms with Gasteiger partial charge in [0.05, 0.1) is 12.3 Å². The molecule has 1 saturated heterocycles. The molecule has 1 fully saturated rings. The summed E-state index contributed by atoms with van der Waals surface area (Å²) >= 11 is 0. The zero-order valence-corrected chi connectivity index (χ0v) is 13.8. The van der Waals surface area contributed by atoms with Gasteiger partial charge in [-0.2, -0.15) is 0 Å². The standard InChI is InChI=1S/C18H22N4O2/c1-2-22(13-16-7-4-10-24-16)18(23)14-5-3-6-15(11-14)21-17-12-19-8-9-20-17/h3,5-6,8-9,11-12,16H,2,4,7,10,13H2,1H3,(H,20,21)/t16-/m1/s1. The van der Waals surface area contributed by atoms with Crippen molar-refractivity contribution in [2.75, 3.05) is 25.0 Å². The molecule has 126 valence electrons. The highest BCUT2D eigenvalue weighted by Gasteiger charge is 2.22. The van der Waals surface area contributed by atoms with Crippen molar-refractivity contribution >= 4 is 17.4 Å². The third kappa shape index (κ3) is 4.08. The predicted molar refractivity (Wildman–Crippen MR) is 92.3 cm³/mol. The quantitative estimate of drug-likeness (QED) is 0.884. The zero-order valence-electron chi connectivity index (χ0n) is 13.8. The molecular formula is C18H22N4O2. The van der Waals surface area contributed by atoms with Crippen LogP contribution >= 0.6 is 0 Å². The normalized spacial score (nSPS) is 16.8. The van der Waals surface area contributed by atoms with E-state index in [-0.39, 0.29) is 12.0 Å². The summed E-state index contributed by atoms with van der Waals surface area (Å²) in [5, 5.41) is 3.16. The molecule has 0 unspecified atom stereocenters. The maximum Gasteiger partial charge on any atom is 0.254 e. The van der Waals surface area contributed by atoms with Crippen LogP contribution in [0.15, 0.2) is 42.9 Å². The molecule has 0 bridgehead atoms. The second-order valence-corrected chi connectivity index (χ2v) is 5.78. The fourth-order valence-electron chi connectivity index (χ4n) is 2.81. The summed E-state index contributed by atoms with van der Waals surface area (Å²) < 4.78 is 5.65. The first-order chi connectivity index (χ1) is 11.8. The van der Waals surface area contributed by atoms with E-state index in [0.29, 0.717) is 24.5 Å². The second kappa shape index (κ2) is 7.88. The highest BCUT2D eigenvalue weighted by atomic mass is 16.5. The molecule has 1 N–H and O–H groups in total. The van der Waals surface area contributed by atoms with Crippen LogP contribution in [0.1, 0.15) is 30.1 Å². The van der Waals surface area contributed by atoms with E-state index < -0.39 is 0 Å². The summed E-state index contributed by atoms with van der Waals surface area (Å²) in [6.07, 6.45) is 7.15. The van der Waals surface area contributed by atoms with E-state index in [1.165, 1.54) is 0 Å². The molecule has 0 saturated carbocycles. The molecule has 1 atom stereocenters. The fraction of sp³-hybridized carbons (Fsp3) is 0.389. The van der Waals surface area contributed by atoms with E-state index in [9.17, 15) is 4.79 Å². The molecule has 1 amide bonds. The highest BCUT2D eigenvalue weighted by Crippen LogP contribution is 2.18. The lowest BCUT2D eigenvalue weighted by Gasteiger charge is -2.24. The van der Waals surface area contributed by atoms with Crippen LogP contribution in [0.5, 0.6) is 0 Å². The number of nitrogens with zero attached hydrogens (tertiary/aromatic N) is 3. The van der Waals surface area contributed by atoms with Crippen molar-refractivity contribution < 1.29 is 9.53 Å². The van der Waals surface area contributed by atoms with Crippen molar-refractivity contribution in [3.8, 4) is 0 Å². The van der Waals surface area contributed by atoms with Gasteiger partial charge in [0, 0.05) is 43.3 Å². The minimum atomic E-state index is 0.0239. The average molecular weight is 326 g/mol. The van der Waals surface area contributed by atoms with Gasteiger partial charge in [0.15, 0.2) is 0 Å². The smallest absolute Gasteiger partial charge is 0.254 e. The van der Waals surface area contributed by atoms with Crippen LogP contribution in [-0.2, 0) is 4.74 Å². The van der Waals surface area contributed by atoms with E-state index >= 15 is 0 Å². The number of hydrogen-bond acceptors (Lipinski definition) is 5. The molecular weight excluding hydrogens is 304 g/mol. The van der Waals surface area contributed by atoms with Crippen LogP contribution in [0.4, 0.5) is 11.5 Å². The first-order valence-corrected chi connectivity index (χ1v) is 8.30. The topological polar surface area (TPSA) is 67.3 Å². The van der Waals surface area contributed by atoms with Crippen LogP contribution in [0.3, 0.4) is 0 Å². The maximum atomic E-state index is 12.8. The van der Waals surface area contributed by atoms with Gasteiger partial charge >= 0.3 is 0 Å². The number of carbonyl (C=O) groups excluding carboxylic acids is 1. The Morgan fingerprint density at radius 2 is 2.33 bits per heavy atom. The van der Waals surface area contributed by atoms with Gasteiger partial charge in [-0.25, -0.2) is 4.98 Å². The number of ether oxygens (including phenoxy) is 1. The van der Waals surface area contributed by atoms with Crippen LogP contribution in [0.25, 0.3) is 0 Å². The van der Waals surface area contributed by atoms with Crippen LogP contribution in [0, 0.1) is 0 Å². The lowest BCUT2D eigenvalue weighted by molar-refractivity contribution is 0.0539. The van der Waals surface area contributed by atoms with Crippen molar-refractivity contribution in [2.45, 2.75) is 25.9 Å². The van der Waals surface area contributed by atoms with Crippen molar-refractivity contribution in [1.82, 2.24) is 14.9 Å². The molecule has 2 aromatic rings. The summed E-state index contributed by atoms with van der Waals surface area (Å²) in [4.78, 5) is 22.8. The van der Waals surface area contributed by atoms with Gasteiger partial charge in [-0.1, -0.05) is 6.07 Å². The van der Waals surface area contributed by atoms with E-state index in [1.807, 2.05) is 36.1 Å². The summed E-state index contributed by atoms with van der Waals surface area (Å²) in [6, 6.07) is 7.45. The Bertz CT molecular complexity index is 672. The largest absolute Gasteiger partial charge is 0.376 e. The molecule has 6 heteroatoms. The Morgan fingerprint density at radius 1 is 1.42 bits per heavy atom. The third-order valence-electron chi connectivity index (χ3n) is 4.06. The van der Waals surface area contributed by atoms with Crippen molar-refractivity contribution in [2.24, 2.45) is 0 Å². The van der Waals surface area contributed by atoms with Gasteiger partial charge in [0.1, 0.15) is 5.82 Å². The number of carbonyl (C=O) groups is 1. The number of nitrogens with one attached hydrogen (secondary N) is 1. The van der Waals surface area contributed by atoms with Gasteiger partial charge in [0.25, 0.3) is 5.91 Å². The Kier molecular flexibility index (Phi) is 5.38. The summed E-state index contributed by atoms with van der Waals surface area (Å²) in [5.74, 6) is 0.671. The number of benzene rings is 1. The van der Waals surface area contributed by atoms with Gasteiger partial charge in [-0.15, -0.1) is 0 Å². The van der Waals surface area contributed by atoms with E-state index in [2.05, 4.69) is 15.3 Å². The Labute approximate surface area is 141 Å². The molecule has 0 aliphatic carbocycles. The third-order valence-corrected chi connectivity index (χ3v) is 4.06. The second-order valence-electron chi connectivity index (χ2n) is 5.78. The van der Waals surface area contributed by atoms with Crippen molar-refractivity contribution in [3.05, 3.63) is 48.4 Å². The molecule has 24 heavy (non-hydrogen) atoms. The number of amides is 1. The van der Waals surface area contributed by atoms with Crippen LogP contribution in [-0.4, -0.2) is 46.6 Å². The Balaban J connectivity index is 1.70. The lowest BCUT2D eigenvalue weighted by Crippen LogP contribution is -2.37. The van der Waals surface area contributed by atoms with Gasteiger partial charge in [-0.3, -0.25) is 9.78 Å². The maximum absolute atomic E-state index is 12.8.